The van der Waals surface area contributed by atoms with Gasteiger partial charge in [0.1, 0.15) is 11.7 Å². The van der Waals surface area contributed by atoms with E-state index in [9.17, 15) is 17.6 Å². The fraction of sp³-hybridized carbons (Fsp3) is 0.222. The number of benzene rings is 1. The van der Waals surface area contributed by atoms with E-state index in [2.05, 4.69) is 20.9 Å². The molecule has 0 aliphatic carbocycles. The molecule has 0 unspecified atom stereocenters. The molecule has 17 heavy (non-hydrogen) atoms. The molecule has 0 aliphatic heterocycles. The van der Waals surface area contributed by atoms with Gasteiger partial charge in [-0.2, -0.15) is 13.2 Å². The lowest BCUT2D eigenvalue weighted by molar-refractivity contribution is -0.138. The number of aliphatic imine (C=N–C) groups is 1. The number of hydrogen-bond acceptors (Lipinski definition) is 1. The summed E-state index contributed by atoms with van der Waals surface area (Å²) >= 11 is 7.85. The molecular formula is C9H6BrClF4N2. The van der Waals surface area contributed by atoms with Gasteiger partial charge in [0.25, 0.3) is 0 Å². The summed E-state index contributed by atoms with van der Waals surface area (Å²) < 4.78 is 50.2. The Bertz CT molecular complexity index is 459. The molecule has 0 aromatic heterocycles. The molecule has 94 valence electrons. The molecule has 8 heteroatoms. The van der Waals surface area contributed by atoms with E-state index in [-0.39, 0.29) is 17.4 Å². The van der Waals surface area contributed by atoms with Crippen LogP contribution in [0.5, 0.6) is 0 Å². The molecule has 0 spiro atoms. The lowest BCUT2D eigenvalue weighted by Crippen LogP contribution is -2.12. The summed E-state index contributed by atoms with van der Waals surface area (Å²) in [6.45, 7) is 0. The minimum Gasteiger partial charge on any atom is -0.386 e. The average molecular weight is 334 g/mol. The SMILES string of the molecule is NC(CCl)=Nc1cc(F)c(Br)c(C(F)(F)F)c1. The first-order valence-electron chi connectivity index (χ1n) is 4.21. The fourth-order valence-corrected chi connectivity index (χ4v) is 1.55. The second kappa shape index (κ2) is 5.22. The highest BCUT2D eigenvalue weighted by atomic mass is 79.9. The van der Waals surface area contributed by atoms with Gasteiger partial charge in [0.05, 0.1) is 21.6 Å². The largest absolute Gasteiger partial charge is 0.417 e. The molecule has 2 nitrogen and oxygen atoms in total. The molecule has 1 aromatic rings. The summed E-state index contributed by atoms with van der Waals surface area (Å²) in [5.41, 5.74) is 3.86. The van der Waals surface area contributed by atoms with E-state index in [1.54, 1.807) is 0 Å². The van der Waals surface area contributed by atoms with Crippen molar-refractivity contribution < 1.29 is 17.6 Å². The van der Waals surface area contributed by atoms with Gasteiger partial charge in [-0.05, 0) is 22.0 Å². The highest BCUT2D eigenvalue weighted by molar-refractivity contribution is 9.10. The maximum absolute atomic E-state index is 13.2. The molecule has 0 radical (unpaired) electrons. The van der Waals surface area contributed by atoms with Crippen LogP contribution >= 0.6 is 27.5 Å². The molecular weight excluding hydrogens is 327 g/mol. The van der Waals surface area contributed by atoms with Gasteiger partial charge in [0.2, 0.25) is 0 Å². The number of nitrogens with zero attached hydrogens (tertiary/aromatic N) is 1. The normalized spacial score (nSPS) is 12.9. The molecule has 0 saturated carbocycles. The number of amidine groups is 1. The van der Waals surface area contributed by atoms with Gasteiger partial charge in [-0.25, -0.2) is 9.38 Å². The van der Waals surface area contributed by atoms with Crippen LogP contribution in [0.4, 0.5) is 23.2 Å². The maximum atomic E-state index is 13.2. The Morgan fingerprint density at radius 3 is 2.47 bits per heavy atom. The predicted octanol–water partition coefficient (Wildman–Crippen LogP) is 3.83. The number of halogens is 6. The average Bonchev–Trinajstić information content (AvgIpc) is 2.21. The number of hydrogen-bond donors (Lipinski definition) is 1. The Labute approximate surface area is 108 Å². The van der Waals surface area contributed by atoms with E-state index in [0.717, 1.165) is 6.07 Å². The van der Waals surface area contributed by atoms with Gasteiger partial charge in [-0.1, -0.05) is 0 Å². The Hall–Kier alpha value is -0.820. The zero-order chi connectivity index (χ0) is 13.2. The predicted molar refractivity (Wildman–Crippen MR) is 61.1 cm³/mol. The number of rotatable bonds is 2. The third-order valence-corrected chi connectivity index (χ3v) is 2.81. The smallest absolute Gasteiger partial charge is 0.386 e. The van der Waals surface area contributed by atoms with Crippen molar-refractivity contribution in [3.63, 3.8) is 0 Å². The van der Waals surface area contributed by atoms with Crippen molar-refractivity contribution in [2.24, 2.45) is 10.7 Å². The highest BCUT2D eigenvalue weighted by Gasteiger charge is 2.34. The quantitative estimate of drug-likeness (QED) is 0.380. The summed E-state index contributed by atoms with van der Waals surface area (Å²) in [6.07, 6.45) is -4.68. The highest BCUT2D eigenvalue weighted by Crippen LogP contribution is 2.38. The van der Waals surface area contributed by atoms with Gasteiger partial charge in [-0.15, -0.1) is 11.6 Å². The van der Waals surface area contributed by atoms with E-state index in [1.165, 1.54) is 0 Å². The molecule has 1 rings (SSSR count). The van der Waals surface area contributed by atoms with Crippen molar-refractivity contribution in [2.75, 3.05) is 5.88 Å². The van der Waals surface area contributed by atoms with Crippen LogP contribution in [0.3, 0.4) is 0 Å². The van der Waals surface area contributed by atoms with Gasteiger partial charge in [-0.3, -0.25) is 0 Å². The van der Waals surface area contributed by atoms with Crippen LogP contribution in [0.2, 0.25) is 0 Å². The first kappa shape index (κ1) is 14.2. The maximum Gasteiger partial charge on any atom is 0.417 e. The minimum atomic E-state index is -4.68. The van der Waals surface area contributed by atoms with E-state index < -0.39 is 22.0 Å². The lowest BCUT2D eigenvalue weighted by atomic mass is 10.2. The molecule has 1 aromatic carbocycles. The van der Waals surface area contributed by atoms with Crippen molar-refractivity contribution in [1.29, 1.82) is 0 Å². The zero-order valence-corrected chi connectivity index (χ0v) is 10.5. The summed E-state index contributed by atoms with van der Waals surface area (Å²) in [7, 11) is 0. The standard InChI is InChI=1S/C9H6BrClF4N2/c10-8-5(9(13,14)15)1-4(2-6(8)12)17-7(16)3-11/h1-2H,3H2,(H2,16,17). The van der Waals surface area contributed by atoms with E-state index in [4.69, 9.17) is 17.3 Å². The molecule has 0 heterocycles. The van der Waals surface area contributed by atoms with Crippen LogP contribution in [0, 0.1) is 5.82 Å². The van der Waals surface area contributed by atoms with Crippen LogP contribution in [-0.4, -0.2) is 11.7 Å². The van der Waals surface area contributed by atoms with Crippen LogP contribution in [0.15, 0.2) is 21.6 Å². The summed E-state index contributed by atoms with van der Waals surface area (Å²) in [5, 5.41) is 0. The Kier molecular flexibility index (Phi) is 4.37. The molecule has 0 amide bonds. The second-order valence-electron chi connectivity index (χ2n) is 3.02. The topological polar surface area (TPSA) is 38.4 Å². The lowest BCUT2D eigenvalue weighted by Gasteiger charge is -2.10. The van der Waals surface area contributed by atoms with Crippen molar-refractivity contribution in [3.05, 3.63) is 28.0 Å². The van der Waals surface area contributed by atoms with Gasteiger partial charge < -0.3 is 5.73 Å². The Balaban J connectivity index is 3.34. The van der Waals surface area contributed by atoms with Crippen molar-refractivity contribution >= 4 is 39.1 Å². The van der Waals surface area contributed by atoms with Crippen molar-refractivity contribution in [2.45, 2.75) is 6.18 Å². The van der Waals surface area contributed by atoms with E-state index in [1.807, 2.05) is 0 Å². The van der Waals surface area contributed by atoms with Crippen molar-refractivity contribution in [3.8, 4) is 0 Å². The Morgan fingerprint density at radius 2 is 2.00 bits per heavy atom. The van der Waals surface area contributed by atoms with Crippen LogP contribution in [0.25, 0.3) is 0 Å². The number of nitrogens with two attached hydrogens (primary N) is 1. The van der Waals surface area contributed by atoms with Crippen molar-refractivity contribution in [1.82, 2.24) is 0 Å². The molecule has 0 aliphatic rings. The summed E-state index contributed by atoms with van der Waals surface area (Å²) in [6, 6.07) is 1.52. The third kappa shape index (κ3) is 3.57. The van der Waals surface area contributed by atoms with Crippen LogP contribution in [-0.2, 0) is 6.18 Å². The fourth-order valence-electron chi connectivity index (χ4n) is 1.04. The van der Waals surface area contributed by atoms with Crippen LogP contribution in [0.1, 0.15) is 5.56 Å². The second-order valence-corrected chi connectivity index (χ2v) is 4.08. The number of alkyl halides is 4. The zero-order valence-electron chi connectivity index (χ0n) is 8.15. The van der Waals surface area contributed by atoms with E-state index in [0.29, 0.717) is 6.07 Å². The molecule has 0 atom stereocenters. The van der Waals surface area contributed by atoms with Crippen LogP contribution < -0.4 is 5.73 Å². The third-order valence-electron chi connectivity index (χ3n) is 1.73. The molecule has 0 bridgehead atoms. The summed E-state index contributed by atoms with van der Waals surface area (Å²) in [4.78, 5) is 3.56. The molecule has 0 fully saturated rings. The monoisotopic (exact) mass is 332 g/mol. The summed E-state index contributed by atoms with van der Waals surface area (Å²) in [5.74, 6) is -1.32. The molecule has 2 N–H and O–H groups in total. The minimum absolute atomic E-state index is 0.0958. The van der Waals surface area contributed by atoms with Gasteiger partial charge in [0.15, 0.2) is 0 Å². The first-order valence-corrected chi connectivity index (χ1v) is 5.53. The molecule has 0 saturated heterocycles. The van der Waals surface area contributed by atoms with Gasteiger partial charge in [0, 0.05) is 6.07 Å². The van der Waals surface area contributed by atoms with Gasteiger partial charge >= 0.3 is 6.18 Å². The van der Waals surface area contributed by atoms with E-state index >= 15 is 0 Å². The Morgan fingerprint density at radius 1 is 1.41 bits per heavy atom. The first-order chi connectivity index (χ1) is 7.75.